The van der Waals surface area contributed by atoms with Crippen molar-refractivity contribution in [3.05, 3.63) is 72.1 Å². The van der Waals surface area contributed by atoms with Gasteiger partial charge in [0.15, 0.2) is 0 Å². The summed E-state index contributed by atoms with van der Waals surface area (Å²) in [6.07, 6.45) is 0. The zero-order chi connectivity index (χ0) is 17.6. The van der Waals surface area contributed by atoms with Crippen LogP contribution in [-0.4, -0.2) is 24.1 Å². The van der Waals surface area contributed by atoms with Gasteiger partial charge in [-0.25, -0.2) is 9.97 Å². The number of anilines is 3. The number of aryl methyl sites for hydroxylation is 1. The number of rotatable bonds is 6. The van der Waals surface area contributed by atoms with Crippen molar-refractivity contribution in [3.63, 3.8) is 0 Å². The van der Waals surface area contributed by atoms with Crippen molar-refractivity contribution >= 4 is 17.3 Å². The molecule has 128 valence electrons. The molecule has 0 spiro atoms. The van der Waals surface area contributed by atoms with Crippen molar-refractivity contribution in [3.8, 4) is 5.75 Å². The number of methoxy groups -OCH3 is 1. The fourth-order valence-electron chi connectivity index (χ4n) is 2.53. The van der Waals surface area contributed by atoms with E-state index in [0.717, 1.165) is 34.5 Å². The first-order chi connectivity index (χ1) is 12.2. The lowest BCUT2D eigenvalue weighted by atomic mass is 10.2. The third-order valence-electron chi connectivity index (χ3n) is 3.94. The highest BCUT2D eigenvalue weighted by molar-refractivity contribution is 5.61. The highest BCUT2D eigenvalue weighted by Crippen LogP contribution is 2.23. The predicted molar refractivity (Wildman–Crippen MR) is 102 cm³/mol. The van der Waals surface area contributed by atoms with Crippen molar-refractivity contribution in [2.24, 2.45) is 0 Å². The van der Waals surface area contributed by atoms with Crippen LogP contribution in [0.25, 0.3) is 0 Å². The van der Waals surface area contributed by atoms with E-state index in [1.807, 2.05) is 67.4 Å². The summed E-state index contributed by atoms with van der Waals surface area (Å²) in [6, 6.07) is 20.1. The Morgan fingerprint density at radius 3 is 2.40 bits per heavy atom. The molecule has 3 aromatic rings. The summed E-state index contributed by atoms with van der Waals surface area (Å²) in [5.41, 5.74) is 2.25. The maximum atomic E-state index is 5.19. The molecule has 1 N–H and O–H groups in total. The fourth-order valence-corrected chi connectivity index (χ4v) is 2.53. The van der Waals surface area contributed by atoms with Gasteiger partial charge in [0.2, 0.25) is 0 Å². The number of benzene rings is 2. The molecular weight excluding hydrogens is 312 g/mol. The van der Waals surface area contributed by atoms with E-state index in [1.165, 1.54) is 0 Å². The molecule has 0 unspecified atom stereocenters. The van der Waals surface area contributed by atoms with Gasteiger partial charge >= 0.3 is 0 Å². The molecule has 1 aromatic heterocycles. The molecule has 0 radical (unpaired) electrons. The van der Waals surface area contributed by atoms with Gasteiger partial charge in [0.05, 0.1) is 7.11 Å². The van der Waals surface area contributed by atoms with Crippen LogP contribution in [0.4, 0.5) is 17.3 Å². The van der Waals surface area contributed by atoms with Gasteiger partial charge < -0.3 is 15.0 Å². The van der Waals surface area contributed by atoms with Crippen LogP contribution < -0.4 is 15.0 Å². The molecule has 5 heteroatoms. The van der Waals surface area contributed by atoms with Crippen LogP contribution >= 0.6 is 0 Å². The molecule has 0 aliphatic carbocycles. The zero-order valence-corrected chi connectivity index (χ0v) is 14.7. The molecular formula is C20H22N4O. The summed E-state index contributed by atoms with van der Waals surface area (Å²) in [4.78, 5) is 11.1. The van der Waals surface area contributed by atoms with Gasteiger partial charge in [0, 0.05) is 25.3 Å². The topological polar surface area (TPSA) is 50.3 Å². The Labute approximate surface area is 148 Å². The highest BCUT2D eigenvalue weighted by Gasteiger charge is 2.08. The minimum absolute atomic E-state index is 0.689. The predicted octanol–water partition coefficient (Wildman–Crippen LogP) is 4.17. The van der Waals surface area contributed by atoms with Crippen LogP contribution in [0.5, 0.6) is 5.75 Å². The van der Waals surface area contributed by atoms with E-state index >= 15 is 0 Å². The standard InChI is InChI=1S/C20H22N4O/c1-15-22-19(21-14-16-9-11-18(25-3)12-10-16)13-20(23-15)24(2)17-7-5-4-6-8-17/h4-13H,14H2,1-3H3,(H,21,22,23). The van der Waals surface area contributed by atoms with Crippen molar-refractivity contribution in [1.82, 2.24) is 9.97 Å². The van der Waals surface area contributed by atoms with E-state index < -0.39 is 0 Å². The maximum Gasteiger partial charge on any atom is 0.138 e. The molecule has 5 nitrogen and oxygen atoms in total. The summed E-state index contributed by atoms with van der Waals surface area (Å²) in [5.74, 6) is 3.25. The number of nitrogens with zero attached hydrogens (tertiary/aromatic N) is 3. The number of hydrogen-bond donors (Lipinski definition) is 1. The van der Waals surface area contributed by atoms with Crippen LogP contribution in [0.2, 0.25) is 0 Å². The van der Waals surface area contributed by atoms with Crippen LogP contribution in [0.15, 0.2) is 60.7 Å². The first-order valence-corrected chi connectivity index (χ1v) is 8.17. The van der Waals surface area contributed by atoms with Crippen molar-refractivity contribution in [2.75, 3.05) is 24.4 Å². The summed E-state index contributed by atoms with van der Waals surface area (Å²) < 4.78 is 5.19. The molecule has 0 atom stereocenters. The molecule has 0 saturated heterocycles. The van der Waals surface area contributed by atoms with Crippen LogP contribution in [0.1, 0.15) is 11.4 Å². The quantitative estimate of drug-likeness (QED) is 0.733. The minimum atomic E-state index is 0.689. The molecule has 0 aliphatic rings. The Kier molecular flexibility index (Phi) is 5.14. The van der Waals surface area contributed by atoms with Crippen LogP contribution in [0.3, 0.4) is 0 Å². The summed E-state index contributed by atoms with van der Waals surface area (Å²) in [6.45, 7) is 2.59. The van der Waals surface area contributed by atoms with Crippen molar-refractivity contribution < 1.29 is 4.74 Å². The molecule has 2 aromatic carbocycles. The summed E-state index contributed by atoms with van der Waals surface area (Å²) >= 11 is 0. The normalized spacial score (nSPS) is 10.4. The SMILES string of the molecule is COc1ccc(CNc2cc(N(C)c3ccccc3)nc(C)n2)cc1. The first kappa shape index (κ1) is 16.8. The smallest absolute Gasteiger partial charge is 0.138 e. The monoisotopic (exact) mass is 334 g/mol. The van der Waals surface area contributed by atoms with Crippen LogP contribution in [-0.2, 0) is 6.54 Å². The number of ether oxygens (including phenoxy) is 1. The number of aromatic nitrogens is 2. The maximum absolute atomic E-state index is 5.19. The van der Waals surface area contributed by atoms with Gasteiger partial charge in [0.25, 0.3) is 0 Å². The lowest BCUT2D eigenvalue weighted by molar-refractivity contribution is 0.414. The lowest BCUT2D eigenvalue weighted by Gasteiger charge is -2.19. The van der Waals surface area contributed by atoms with Crippen LogP contribution in [0, 0.1) is 6.92 Å². The molecule has 0 bridgehead atoms. The third-order valence-corrected chi connectivity index (χ3v) is 3.94. The Morgan fingerprint density at radius 1 is 1.00 bits per heavy atom. The second-order valence-electron chi connectivity index (χ2n) is 5.75. The van der Waals surface area contributed by atoms with E-state index in [4.69, 9.17) is 4.74 Å². The van der Waals surface area contributed by atoms with Gasteiger partial charge in [0.1, 0.15) is 23.2 Å². The average Bonchev–Trinajstić information content (AvgIpc) is 2.66. The number of para-hydroxylation sites is 1. The average molecular weight is 334 g/mol. The summed E-state index contributed by atoms with van der Waals surface area (Å²) in [5, 5.41) is 3.37. The molecule has 3 rings (SSSR count). The minimum Gasteiger partial charge on any atom is -0.497 e. The number of nitrogens with one attached hydrogen (secondary N) is 1. The Balaban J connectivity index is 1.74. The lowest BCUT2D eigenvalue weighted by Crippen LogP contribution is -2.13. The molecule has 1 heterocycles. The molecule has 0 aliphatic heterocycles. The van der Waals surface area contributed by atoms with Gasteiger partial charge in [-0.1, -0.05) is 30.3 Å². The highest BCUT2D eigenvalue weighted by atomic mass is 16.5. The summed E-state index contributed by atoms with van der Waals surface area (Å²) in [7, 11) is 3.67. The van der Waals surface area contributed by atoms with Crippen molar-refractivity contribution in [1.29, 1.82) is 0 Å². The molecule has 0 saturated carbocycles. The second-order valence-corrected chi connectivity index (χ2v) is 5.75. The molecule has 25 heavy (non-hydrogen) atoms. The molecule has 0 amide bonds. The zero-order valence-electron chi connectivity index (χ0n) is 14.7. The van der Waals surface area contributed by atoms with Crippen molar-refractivity contribution in [2.45, 2.75) is 13.5 Å². The van der Waals surface area contributed by atoms with E-state index in [-0.39, 0.29) is 0 Å². The Hall–Kier alpha value is -3.08. The van der Waals surface area contributed by atoms with Gasteiger partial charge in [-0.2, -0.15) is 0 Å². The van der Waals surface area contributed by atoms with E-state index in [2.05, 4.69) is 27.4 Å². The molecule has 0 fully saturated rings. The first-order valence-electron chi connectivity index (χ1n) is 8.17. The van der Waals surface area contributed by atoms with E-state index in [1.54, 1.807) is 7.11 Å². The van der Waals surface area contributed by atoms with Gasteiger partial charge in [-0.05, 0) is 36.8 Å². The third kappa shape index (κ3) is 4.26. The number of hydrogen-bond acceptors (Lipinski definition) is 5. The van der Waals surface area contributed by atoms with Gasteiger partial charge in [-0.3, -0.25) is 0 Å². The fraction of sp³-hybridized carbons (Fsp3) is 0.200. The van der Waals surface area contributed by atoms with E-state index in [9.17, 15) is 0 Å². The van der Waals surface area contributed by atoms with E-state index in [0.29, 0.717) is 6.54 Å². The Morgan fingerprint density at radius 2 is 1.72 bits per heavy atom. The Bertz CT molecular complexity index is 819. The van der Waals surface area contributed by atoms with Gasteiger partial charge in [-0.15, -0.1) is 0 Å². The largest absolute Gasteiger partial charge is 0.497 e. The second kappa shape index (κ2) is 7.66.